The van der Waals surface area contributed by atoms with E-state index in [1.807, 2.05) is 0 Å². The number of hydrogen-bond acceptors (Lipinski definition) is 9. The van der Waals surface area contributed by atoms with Gasteiger partial charge in [0.25, 0.3) is 0 Å². The molecule has 1 amide bonds. The van der Waals surface area contributed by atoms with Gasteiger partial charge in [0.2, 0.25) is 5.91 Å². The molecule has 1 unspecified atom stereocenters. The number of thioether (sulfide) groups is 1. The van der Waals surface area contributed by atoms with Crippen molar-refractivity contribution in [2.24, 2.45) is 0 Å². The smallest absolute Gasteiger partial charge is 0.462 e. The van der Waals surface area contributed by atoms with E-state index in [2.05, 4.69) is 14.2 Å². The van der Waals surface area contributed by atoms with Gasteiger partial charge in [-0.3, -0.25) is 9.59 Å². The highest BCUT2D eigenvalue weighted by Crippen LogP contribution is 2.16. The molecule has 1 N–H and O–H groups in total. The first-order valence-corrected chi connectivity index (χ1v) is 7.97. The maximum absolute atomic E-state index is 11.8. The molecule has 1 aromatic heterocycles. The van der Waals surface area contributed by atoms with Crippen molar-refractivity contribution < 1.29 is 32.7 Å². The van der Waals surface area contributed by atoms with Crippen molar-refractivity contribution in [3.63, 3.8) is 0 Å². The van der Waals surface area contributed by atoms with Crippen molar-refractivity contribution in [3.05, 3.63) is 22.1 Å². The summed E-state index contributed by atoms with van der Waals surface area (Å²) in [7, 11) is 0. The summed E-state index contributed by atoms with van der Waals surface area (Å²) in [6, 6.07) is 0. The van der Waals surface area contributed by atoms with E-state index in [4.69, 9.17) is 9.47 Å². The lowest BCUT2D eigenvalue weighted by atomic mass is 10.4. The number of esters is 1. The van der Waals surface area contributed by atoms with Gasteiger partial charge in [-0.2, -0.15) is 0 Å². The summed E-state index contributed by atoms with van der Waals surface area (Å²) in [5, 5.41) is 0.855. The fraction of sp³-hybridized carbons (Fsp3) is 0.571. The minimum absolute atomic E-state index is 0.0995. The largest absolute Gasteiger partial charge is 0.519 e. The highest BCUT2D eigenvalue weighted by Gasteiger charge is 2.21. The van der Waals surface area contributed by atoms with Gasteiger partial charge in [-0.15, -0.1) is 0 Å². The van der Waals surface area contributed by atoms with Crippen molar-refractivity contribution in [1.29, 1.82) is 0 Å². The number of aryl methyl sites for hydroxylation is 1. The zero-order valence-electron chi connectivity index (χ0n) is 13.7. The zero-order chi connectivity index (χ0) is 18.3. The molecule has 24 heavy (non-hydrogen) atoms. The highest BCUT2D eigenvalue weighted by molar-refractivity contribution is 8.14. The molecule has 1 atom stereocenters. The van der Waals surface area contributed by atoms with Gasteiger partial charge in [0.15, 0.2) is 18.1 Å². The van der Waals surface area contributed by atoms with Gasteiger partial charge in [-0.25, -0.2) is 9.59 Å². The predicted octanol–water partition coefficient (Wildman–Crippen LogP) is 1.37. The molecule has 9 nitrogen and oxygen atoms in total. The van der Waals surface area contributed by atoms with Gasteiger partial charge in [-0.05, 0) is 39.5 Å². The number of nitrogens with one attached hydrogen (secondary N) is 1. The van der Waals surface area contributed by atoms with Crippen molar-refractivity contribution in [2.75, 3.05) is 6.54 Å². The van der Waals surface area contributed by atoms with Gasteiger partial charge in [0.1, 0.15) is 6.54 Å². The zero-order valence-corrected chi connectivity index (χ0v) is 14.6. The maximum atomic E-state index is 11.8. The van der Waals surface area contributed by atoms with E-state index in [-0.39, 0.29) is 30.8 Å². The van der Waals surface area contributed by atoms with E-state index in [1.165, 1.54) is 13.8 Å². The van der Waals surface area contributed by atoms with Crippen LogP contribution in [0.15, 0.2) is 13.6 Å². The molecule has 0 aliphatic heterocycles. The fourth-order valence-electron chi connectivity index (χ4n) is 1.47. The predicted molar refractivity (Wildman–Crippen MR) is 83.5 cm³/mol. The topological polar surface area (TPSA) is 125 Å². The number of hydrogen-bond donors (Lipinski definition) is 1. The summed E-state index contributed by atoms with van der Waals surface area (Å²) in [5.41, 5.74) is 0. The van der Waals surface area contributed by atoms with E-state index in [0.29, 0.717) is 11.8 Å². The number of ether oxygens (including phenoxy) is 2. The molecule has 0 aromatic carbocycles. The molecule has 0 radical (unpaired) electrons. The number of rotatable bonds is 7. The standard InChI is InChI=1S/C14H19NO8S/c1-7(2)21-11(16)5-15-12(17)9(4)24-14(19)20-6-10-8(3)22-13(18)23-10/h7,9H,5-6H2,1-4H3,(H,15,17). The van der Waals surface area contributed by atoms with Crippen molar-refractivity contribution in [1.82, 2.24) is 5.32 Å². The molecule has 0 fully saturated rings. The molecular weight excluding hydrogens is 342 g/mol. The highest BCUT2D eigenvalue weighted by atomic mass is 32.2. The van der Waals surface area contributed by atoms with E-state index in [9.17, 15) is 19.2 Å². The monoisotopic (exact) mass is 361 g/mol. The SMILES string of the molecule is Cc1oc(=O)oc1COC(=O)SC(C)C(=O)NCC(=O)OC(C)C. The average molecular weight is 361 g/mol. The van der Waals surface area contributed by atoms with Crippen molar-refractivity contribution in [3.8, 4) is 0 Å². The summed E-state index contributed by atoms with van der Waals surface area (Å²) in [4.78, 5) is 45.6. The van der Waals surface area contributed by atoms with Crippen LogP contribution < -0.4 is 11.1 Å². The Hall–Kier alpha value is -2.23. The maximum Gasteiger partial charge on any atom is 0.519 e. The second-order valence-corrected chi connectivity index (χ2v) is 6.26. The third kappa shape index (κ3) is 6.90. The Labute approximate surface area is 142 Å². The number of amides is 1. The molecule has 1 heterocycles. The van der Waals surface area contributed by atoms with Crippen LogP contribution in [0.5, 0.6) is 0 Å². The second-order valence-electron chi connectivity index (χ2n) is 4.99. The van der Waals surface area contributed by atoms with Gasteiger partial charge < -0.3 is 23.6 Å². The van der Waals surface area contributed by atoms with Gasteiger partial charge in [0.05, 0.1) is 11.4 Å². The summed E-state index contributed by atoms with van der Waals surface area (Å²) in [6.07, 6.45) is -0.275. The second kappa shape index (κ2) is 9.16. The molecule has 0 bridgehead atoms. The van der Waals surface area contributed by atoms with E-state index in [0.717, 1.165) is 0 Å². The molecule has 0 saturated carbocycles. The minimum atomic E-state index is -0.882. The lowest BCUT2D eigenvalue weighted by molar-refractivity contribution is -0.147. The Kier molecular flexibility index (Phi) is 7.56. The Morgan fingerprint density at radius 2 is 1.88 bits per heavy atom. The molecule has 0 aliphatic rings. The van der Waals surface area contributed by atoms with E-state index >= 15 is 0 Å². The van der Waals surface area contributed by atoms with Crippen LogP contribution in [-0.4, -0.2) is 35.1 Å². The lowest BCUT2D eigenvalue weighted by Gasteiger charge is -2.12. The fourth-order valence-corrected chi connectivity index (χ4v) is 2.08. The number of carbonyl (C=O) groups is 3. The van der Waals surface area contributed by atoms with Crippen LogP contribution in [-0.2, 0) is 25.7 Å². The van der Waals surface area contributed by atoms with Gasteiger partial charge in [-0.1, -0.05) is 0 Å². The molecule has 0 spiro atoms. The summed E-state index contributed by atoms with van der Waals surface area (Å²) in [5.74, 6) is -1.64. The molecule has 1 aromatic rings. The third-order valence-corrected chi connectivity index (χ3v) is 3.45. The quantitative estimate of drug-likeness (QED) is 0.716. The van der Waals surface area contributed by atoms with Crippen molar-refractivity contribution in [2.45, 2.75) is 45.7 Å². The Morgan fingerprint density at radius 3 is 2.42 bits per heavy atom. The molecule has 10 heteroatoms. The van der Waals surface area contributed by atoms with Crippen LogP contribution in [0.25, 0.3) is 0 Å². The summed E-state index contributed by atoms with van der Waals surface area (Å²) in [6.45, 7) is 5.80. The van der Waals surface area contributed by atoms with Crippen LogP contribution in [0.2, 0.25) is 0 Å². The van der Waals surface area contributed by atoms with Gasteiger partial charge >= 0.3 is 17.1 Å². The van der Waals surface area contributed by atoms with Crippen LogP contribution in [0.3, 0.4) is 0 Å². The van der Waals surface area contributed by atoms with Crippen molar-refractivity contribution >= 4 is 28.9 Å². The summed E-state index contributed by atoms with van der Waals surface area (Å²) < 4.78 is 19.0. The van der Waals surface area contributed by atoms with Gasteiger partial charge in [0, 0.05) is 0 Å². The Morgan fingerprint density at radius 1 is 1.21 bits per heavy atom. The Bertz CT molecular complexity index is 647. The normalized spacial score (nSPS) is 11.9. The van der Waals surface area contributed by atoms with E-state index < -0.39 is 28.3 Å². The Balaban J connectivity index is 2.35. The van der Waals surface area contributed by atoms with Crippen LogP contribution in [0.4, 0.5) is 4.79 Å². The molecular formula is C14H19NO8S. The van der Waals surface area contributed by atoms with Crippen LogP contribution >= 0.6 is 11.8 Å². The average Bonchev–Trinajstić information content (AvgIpc) is 2.79. The van der Waals surface area contributed by atoms with E-state index in [1.54, 1.807) is 13.8 Å². The molecule has 0 saturated heterocycles. The first kappa shape index (κ1) is 19.8. The number of carbonyl (C=O) groups excluding carboxylic acids is 3. The summed E-state index contributed by atoms with van der Waals surface area (Å²) >= 11 is 0.629. The minimum Gasteiger partial charge on any atom is -0.462 e. The van der Waals surface area contributed by atoms with Crippen LogP contribution in [0, 0.1) is 6.92 Å². The third-order valence-electron chi connectivity index (χ3n) is 2.57. The van der Waals surface area contributed by atoms with Crippen LogP contribution in [0.1, 0.15) is 32.3 Å². The first-order valence-electron chi connectivity index (χ1n) is 7.09. The first-order chi connectivity index (χ1) is 11.2. The molecule has 0 aliphatic carbocycles. The lowest BCUT2D eigenvalue weighted by Crippen LogP contribution is -2.36. The molecule has 1 rings (SSSR count). The molecule has 134 valence electrons.